The zero-order valence-corrected chi connectivity index (χ0v) is 23.6. The van der Waals surface area contributed by atoms with Gasteiger partial charge in [-0.2, -0.15) is 0 Å². The molecule has 1 nitrogen and oxygen atoms in total. The van der Waals surface area contributed by atoms with E-state index >= 15 is 4.39 Å². The lowest BCUT2D eigenvalue weighted by Crippen LogP contribution is -2.20. The number of benzene rings is 3. The van der Waals surface area contributed by atoms with Crippen LogP contribution in [0.15, 0.2) is 54.6 Å². The maximum absolute atomic E-state index is 15.1. The monoisotopic (exact) mass is 536 g/mol. The van der Waals surface area contributed by atoms with Gasteiger partial charge in [-0.1, -0.05) is 94.0 Å². The third kappa shape index (κ3) is 7.75. The highest BCUT2D eigenvalue weighted by Crippen LogP contribution is 2.36. The van der Waals surface area contributed by atoms with Crippen LogP contribution in [0.3, 0.4) is 0 Å². The van der Waals surface area contributed by atoms with Gasteiger partial charge in [0.05, 0.1) is 6.10 Å². The van der Waals surface area contributed by atoms with Crippen LogP contribution in [-0.4, -0.2) is 12.7 Å². The zero-order chi connectivity index (χ0) is 27.6. The molecule has 0 unspecified atom stereocenters. The van der Waals surface area contributed by atoms with Crippen molar-refractivity contribution in [2.75, 3.05) is 6.61 Å². The van der Waals surface area contributed by atoms with Gasteiger partial charge in [-0.25, -0.2) is 13.2 Å². The van der Waals surface area contributed by atoms with Crippen LogP contribution in [-0.2, 0) is 11.2 Å². The molecule has 0 amide bonds. The molecule has 0 atom stereocenters. The topological polar surface area (TPSA) is 9.23 Å². The Morgan fingerprint density at radius 2 is 1.28 bits per heavy atom. The van der Waals surface area contributed by atoms with Crippen LogP contribution in [0.1, 0.15) is 102 Å². The smallest absolute Gasteiger partial charge is 0.166 e. The highest BCUT2D eigenvalue weighted by atomic mass is 19.2. The number of ether oxygens (including phenoxy) is 1. The van der Waals surface area contributed by atoms with Crippen molar-refractivity contribution in [3.05, 3.63) is 83.2 Å². The van der Waals surface area contributed by atoms with Gasteiger partial charge in [-0.15, -0.1) is 0 Å². The minimum Gasteiger partial charge on any atom is -0.379 e. The highest BCUT2D eigenvalue weighted by molar-refractivity contribution is 5.71. The van der Waals surface area contributed by atoms with E-state index in [1.807, 2.05) is 19.1 Å². The Labute approximate surface area is 232 Å². The van der Waals surface area contributed by atoms with Crippen LogP contribution < -0.4 is 0 Å². The molecule has 1 aliphatic rings. The third-order valence-electron chi connectivity index (χ3n) is 8.26. The minimum atomic E-state index is -0.808. The van der Waals surface area contributed by atoms with Gasteiger partial charge in [0, 0.05) is 17.7 Å². The summed E-state index contributed by atoms with van der Waals surface area (Å²) in [6, 6.07) is 15.9. The summed E-state index contributed by atoms with van der Waals surface area (Å²) in [7, 11) is 0. The van der Waals surface area contributed by atoms with Gasteiger partial charge in [0.2, 0.25) is 0 Å². The standard InChI is InChI=1S/C35H43F3O/c1-3-5-6-7-8-9-10-11-28-18-23-32(35(38)34(28)37)27-14-12-26(13-15-27)31-22-19-29(24-33(31)36)25-16-20-30(21-17-25)39-4-2/h12-15,18-19,22-25,30H,3-11,16-17,20-21H2,1-2H3. The lowest BCUT2D eigenvalue weighted by atomic mass is 9.82. The number of aryl methyl sites for hydroxylation is 1. The Kier molecular flexibility index (Phi) is 11.1. The van der Waals surface area contributed by atoms with Crippen LogP contribution in [0.2, 0.25) is 0 Å². The maximum Gasteiger partial charge on any atom is 0.166 e. The van der Waals surface area contributed by atoms with E-state index in [1.54, 1.807) is 42.5 Å². The van der Waals surface area contributed by atoms with E-state index in [4.69, 9.17) is 4.74 Å². The van der Waals surface area contributed by atoms with E-state index in [0.29, 0.717) is 35.1 Å². The van der Waals surface area contributed by atoms with Crippen molar-refractivity contribution in [2.24, 2.45) is 0 Å². The van der Waals surface area contributed by atoms with Crippen LogP contribution >= 0.6 is 0 Å². The third-order valence-corrected chi connectivity index (χ3v) is 8.26. The van der Waals surface area contributed by atoms with Crippen molar-refractivity contribution in [3.8, 4) is 22.3 Å². The molecule has 39 heavy (non-hydrogen) atoms. The SMILES string of the molecule is CCCCCCCCCc1ccc(-c2ccc(-c3ccc(C4CCC(OCC)CC4)cc3F)cc2)c(F)c1F. The molecule has 0 spiro atoms. The number of halogens is 3. The number of unbranched alkanes of at least 4 members (excludes halogenated alkanes) is 6. The zero-order valence-electron chi connectivity index (χ0n) is 23.6. The fraction of sp³-hybridized carbons (Fsp3) is 0.486. The molecular formula is C35H43F3O. The van der Waals surface area contributed by atoms with E-state index in [9.17, 15) is 8.78 Å². The number of rotatable bonds is 13. The minimum absolute atomic E-state index is 0.237. The largest absolute Gasteiger partial charge is 0.379 e. The molecule has 0 saturated heterocycles. The van der Waals surface area contributed by atoms with Crippen LogP contribution in [0.4, 0.5) is 13.2 Å². The molecule has 0 bridgehead atoms. The molecule has 0 radical (unpaired) electrons. The Morgan fingerprint density at radius 3 is 1.92 bits per heavy atom. The van der Waals surface area contributed by atoms with Gasteiger partial charge in [0.1, 0.15) is 5.82 Å². The number of hydrogen-bond acceptors (Lipinski definition) is 1. The summed E-state index contributed by atoms with van der Waals surface area (Å²) in [5, 5.41) is 0. The number of hydrogen-bond donors (Lipinski definition) is 0. The van der Waals surface area contributed by atoms with E-state index in [2.05, 4.69) is 6.92 Å². The van der Waals surface area contributed by atoms with E-state index in [-0.39, 0.29) is 11.4 Å². The molecule has 0 aliphatic heterocycles. The molecule has 1 fully saturated rings. The molecule has 3 aromatic carbocycles. The van der Waals surface area contributed by atoms with Gasteiger partial charge >= 0.3 is 0 Å². The normalized spacial score (nSPS) is 17.5. The lowest BCUT2D eigenvalue weighted by Gasteiger charge is -2.28. The highest BCUT2D eigenvalue weighted by Gasteiger charge is 2.23. The van der Waals surface area contributed by atoms with Crippen molar-refractivity contribution in [3.63, 3.8) is 0 Å². The predicted octanol–water partition coefficient (Wildman–Crippen LogP) is 10.8. The first-order valence-electron chi connectivity index (χ1n) is 15.0. The molecule has 3 aromatic rings. The molecule has 0 heterocycles. The molecule has 4 heteroatoms. The fourth-order valence-corrected chi connectivity index (χ4v) is 5.93. The van der Waals surface area contributed by atoms with Crippen LogP contribution in [0, 0.1) is 17.5 Å². The Hall–Kier alpha value is -2.59. The molecular weight excluding hydrogens is 493 g/mol. The molecule has 210 valence electrons. The summed E-state index contributed by atoms with van der Waals surface area (Å²) in [6.07, 6.45) is 12.9. The average Bonchev–Trinajstić information content (AvgIpc) is 2.95. The molecule has 1 saturated carbocycles. The van der Waals surface area contributed by atoms with Gasteiger partial charge in [0.15, 0.2) is 11.6 Å². The van der Waals surface area contributed by atoms with E-state index in [0.717, 1.165) is 62.7 Å². The van der Waals surface area contributed by atoms with Crippen molar-refractivity contribution in [1.29, 1.82) is 0 Å². The summed E-state index contributed by atoms with van der Waals surface area (Å²) in [6.45, 7) is 4.96. The van der Waals surface area contributed by atoms with E-state index < -0.39 is 11.6 Å². The van der Waals surface area contributed by atoms with Crippen molar-refractivity contribution >= 4 is 0 Å². The quantitative estimate of drug-likeness (QED) is 0.197. The van der Waals surface area contributed by atoms with Crippen molar-refractivity contribution in [1.82, 2.24) is 0 Å². The van der Waals surface area contributed by atoms with Gasteiger partial charge in [-0.3, -0.25) is 0 Å². The summed E-state index contributed by atoms with van der Waals surface area (Å²) in [5.74, 6) is -1.45. The van der Waals surface area contributed by atoms with Gasteiger partial charge in [0.25, 0.3) is 0 Å². The molecule has 4 rings (SSSR count). The summed E-state index contributed by atoms with van der Waals surface area (Å²) < 4.78 is 50.7. The maximum atomic E-state index is 15.1. The first-order chi connectivity index (χ1) is 19.0. The van der Waals surface area contributed by atoms with Crippen LogP contribution in [0.5, 0.6) is 0 Å². The lowest BCUT2D eigenvalue weighted by molar-refractivity contribution is 0.0328. The summed E-state index contributed by atoms with van der Waals surface area (Å²) in [4.78, 5) is 0. The second kappa shape index (κ2) is 14.7. The van der Waals surface area contributed by atoms with E-state index in [1.165, 1.54) is 25.7 Å². The van der Waals surface area contributed by atoms with Gasteiger partial charge < -0.3 is 4.74 Å². The Bertz CT molecular complexity index is 1180. The van der Waals surface area contributed by atoms with Crippen molar-refractivity contribution in [2.45, 2.75) is 103 Å². The van der Waals surface area contributed by atoms with Crippen LogP contribution in [0.25, 0.3) is 22.3 Å². The second-order valence-corrected chi connectivity index (χ2v) is 11.0. The van der Waals surface area contributed by atoms with Crippen molar-refractivity contribution < 1.29 is 17.9 Å². The first kappa shape index (κ1) is 29.4. The predicted molar refractivity (Wildman–Crippen MR) is 156 cm³/mol. The molecule has 1 aliphatic carbocycles. The molecule has 0 N–H and O–H groups in total. The second-order valence-electron chi connectivity index (χ2n) is 11.0. The summed E-state index contributed by atoms with van der Waals surface area (Å²) >= 11 is 0. The van der Waals surface area contributed by atoms with Gasteiger partial charge in [-0.05, 0) is 79.7 Å². The average molecular weight is 537 g/mol. The summed E-state index contributed by atoms with van der Waals surface area (Å²) in [5.41, 5.74) is 3.54. The molecule has 0 aromatic heterocycles. The Morgan fingerprint density at radius 1 is 0.667 bits per heavy atom. The Balaban J connectivity index is 1.38. The fourth-order valence-electron chi connectivity index (χ4n) is 5.93. The first-order valence-corrected chi connectivity index (χ1v) is 15.0.